The topological polar surface area (TPSA) is 55.8 Å². The molecule has 4 heteroatoms. The maximum Gasteiger partial charge on any atom is 0.329 e. The van der Waals surface area contributed by atoms with Gasteiger partial charge in [0.1, 0.15) is 6.61 Å². The smallest absolute Gasteiger partial charge is 0.329 e. The maximum atomic E-state index is 10.3. The second kappa shape index (κ2) is 4.82. The summed E-state index contributed by atoms with van der Waals surface area (Å²) in [6.07, 6.45) is 7.90. The summed E-state index contributed by atoms with van der Waals surface area (Å²) >= 11 is 0. The molecule has 4 nitrogen and oxygen atoms in total. The van der Waals surface area contributed by atoms with E-state index in [9.17, 15) is 4.79 Å². The number of ether oxygens (including phenoxy) is 2. The van der Waals surface area contributed by atoms with Gasteiger partial charge in [0.2, 0.25) is 0 Å². The van der Waals surface area contributed by atoms with Crippen molar-refractivity contribution in [3.63, 3.8) is 0 Å². The first-order valence-corrected chi connectivity index (χ1v) is 7.09. The fourth-order valence-electron chi connectivity index (χ4n) is 4.68. The quantitative estimate of drug-likeness (QED) is 0.737. The summed E-state index contributed by atoms with van der Waals surface area (Å²) in [5.41, 5.74) is 0.112. The normalized spacial score (nSPS) is 41.2. The van der Waals surface area contributed by atoms with Gasteiger partial charge in [-0.05, 0) is 56.3 Å². The van der Waals surface area contributed by atoms with Crippen molar-refractivity contribution in [3.05, 3.63) is 0 Å². The number of carbonyl (C=O) groups is 1. The van der Waals surface area contributed by atoms with Crippen molar-refractivity contribution >= 4 is 5.97 Å². The van der Waals surface area contributed by atoms with Crippen LogP contribution in [0.3, 0.4) is 0 Å². The molecule has 18 heavy (non-hydrogen) atoms. The number of aliphatic carboxylic acids is 1. The lowest BCUT2D eigenvalue weighted by Gasteiger charge is -2.56. The first-order chi connectivity index (χ1) is 8.65. The van der Waals surface area contributed by atoms with E-state index in [2.05, 4.69) is 0 Å². The average molecular weight is 254 g/mol. The van der Waals surface area contributed by atoms with E-state index in [1.54, 1.807) is 0 Å². The van der Waals surface area contributed by atoms with Gasteiger partial charge in [0.05, 0.1) is 18.8 Å². The van der Waals surface area contributed by atoms with Gasteiger partial charge in [0.15, 0.2) is 0 Å². The fraction of sp³-hybridized carbons (Fsp3) is 0.929. The van der Waals surface area contributed by atoms with Gasteiger partial charge in [-0.3, -0.25) is 0 Å². The van der Waals surface area contributed by atoms with Crippen molar-refractivity contribution < 1.29 is 19.4 Å². The lowest BCUT2D eigenvalue weighted by Crippen LogP contribution is -2.52. The highest BCUT2D eigenvalue weighted by molar-refractivity contribution is 5.67. The monoisotopic (exact) mass is 254 g/mol. The van der Waals surface area contributed by atoms with Crippen LogP contribution >= 0.6 is 0 Å². The van der Waals surface area contributed by atoms with E-state index >= 15 is 0 Å². The summed E-state index contributed by atoms with van der Waals surface area (Å²) < 4.78 is 11.1. The third-order valence-electron chi connectivity index (χ3n) is 4.84. The summed E-state index contributed by atoms with van der Waals surface area (Å²) in [5.74, 6) is 1.74. The largest absolute Gasteiger partial charge is 0.480 e. The summed E-state index contributed by atoms with van der Waals surface area (Å²) in [5, 5.41) is 8.48. The molecule has 0 unspecified atom stereocenters. The van der Waals surface area contributed by atoms with Crippen LogP contribution in [0.25, 0.3) is 0 Å². The Morgan fingerprint density at radius 1 is 1.06 bits per heavy atom. The molecule has 1 N–H and O–H groups in total. The number of hydrogen-bond acceptors (Lipinski definition) is 3. The molecule has 4 fully saturated rings. The van der Waals surface area contributed by atoms with Gasteiger partial charge in [-0.25, -0.2) is 4.79 Å². The first kappa shape index (κ1) is 12.4. The molecule has 102 valence electrons. The maximum absolute atomic E-state index is 10.3. The molecule has 0 saturated heterocycles. The third-order valence-corrected chi connectivity index (χ3v) is 4.84. The van der Waals surface area contributed by atoms with Crippen molar-refractivity contribution in [2.45, 2.75) is 44.1 Å². The highest BCUT2D eigenvalue weighted by atomic mass is 16.5. The third kappa shape index (κ3) is 2.54. The Balaban J connectivity index is 1.46. The molecule has 0 amide bonds. The second-order valence-electron chi connectivity index (χ2n) is 6.40. The van der Waals surface area contributed by atoms with E-state index in [-0.39, 0.29) is 12.2 Å². The summed E-state index contributed by atoms with van der Waals surface area (Å²) in [6.45, 7) is 0.720. The van der Waals surface area contributed by atoms with Crippen LogP contribution in [0.4, 0.5) is 0 Å². The lowest BCUT2D eigenvalue weighted by molar-refractivity contribution is -0.170. The van der Waals surface area contributed by atoms with E-state index in [4.69, 9.17) is 14.6 Å². The Morgan fingerprint density at radius 2 is 1.61 bits per heavy atom. The Morgan fingerprint density at radius 3 is 2.11 bits per heavy atom. The van der Waals surface area contributed by atoms with Crippen LogP contribution in [0.15, 0.2) is 0 Å². The van der Waals surface area contributed by atoms with Gasteiger partial charge in [0, 0.05) is 0 Å². The molecule has 0 atom stereocenters. The number of rotatable bonds is 6. The molecular formula is C14H22O4. The van der Waals surface area contributed by atoms with E-state index in [0.717, 1.165) is 17.8 Å². The van der Waals surface area contributed by atoms with E-state index in [1.807, 2.05) is 0 Å². The van der Waals surface area contributed by atoms with Crippen LogP contribution in [0, 0.1) is 17.8 Å². The standard InChI is InChI=1S/C14H22O4/c15-13(16)9-17-1-2-18-14-6-10-3-11(7-14)5-12(4-10)8-14/h10-12H,1-9H2,(H,15,16). The fourth-order valence-corrected chi connectivity index (χ4v) is 4.68. The molecule has 0 radical (unpaired) electrons. The minimum Gasteiger partial charge on any atom is -0.480 e. The zero-order chi connectivity index (χ0) is 12.6. The molecule has 0 heterocycles. The van der Waals surface area contributed by atoms with Crippen LogP contribution in [-0.2, 0) is 14.3 Å². The molecule has 0 aromatic heterocycles. The molecule has 4 rings (SSSR count). The Bertz CT molecular complexity index is 290. The molecule has 0 aromatic carbocycles. The van der Waals surface area contributed by atoms with Gasteiger partial charge in [0.25, 0.3) is 0 Å². The zero-order valence-corrected chi connectivity index (χ0v) is 10.8. The molecule has 4 bridgehead atoms. The minimum atomic E-state index is -0.912. The van der Waals surface area contributed by atoms with Crippen LogP contribution in [0.2, 0.25) is 0 Å². The lowest BCUT2D eigenvalue weighted by atomic mass is 9.54. The molecule has 4 aliphatic rings. The zero-order valence-electron chi connectivity index (χ0n) is 10.8. The summed E-state index contributed by atoms with van der Waals surface area (Å²) in [6, 6.07) is 0. The van der Waals surface area contributed by atoms with Crippen LogP contribution in [0.1, 0.15) is 38.5 Å². The molecular weight excluding hydrogens is 232 g/mol. The first-order valence-electron chi connectivity index (χ1n) is 7.09. The van der Waals surface area contributed by atoms with E-state index in [0.29, 0.717) is 13.2 Å². The highest BCUT2D eigenvalue weighted by Gasteiger charge is 2.51. The molecule has 0 spiro atoms. The molecule has 4 saturated carbocycles. The molecule has 0 aliphatic heterocycles. The second-order valence-corrected chi connectivity index (χ2v) is 6.40. The van der Waals surface area contributed by atoms with Crippen molar-refractivity contribution in [2.24, 2.45) is 17.8 Å². The Hall–Kier alpha value is -0.610. The predicted molar refractivity (Wildman–Crippen MR) is 65.3 cm³/mol. The van der Waals surface area contributed by atoms with E-state index < -0.39 is 5.97 Å². The van der Waals surface area contributed by atoms with Crippen LogP contribution in [-0.4, -0.2) is 36.5 Å². The molecule has 0 aromatic rings. The van der Waals surface area contributed by atoms with Crippen molar-refractivity contribution in [1.82, 2.24) is 0 Å². The minimum absolute atomic E-state index is 0.112. The number of carboxylic acids is 1. The van der Waals surface area contributed by atoms with E-state index in [1.165, 1.54) is 38.5 Å². The molecule has 4 aliphatic carbocycles. The van der Waals surface area contributed by atoms with Crippen LogP contribution < -0.4 is 0 Å². The summed E-state index contributed by atoms with van der Waals surface area (Å²) in [7, 11) is 0. The average Bonchev–Trinajstić information content (AvgIpc) is 2.25. The van der Waals surface area contributed by atoms with Crippen LogP contribution in [0.5, 0.6) is 0 Å². The van der Waals surface area contributed by atoms with Gasteiger partial charge in [-0.1, -0.05) is 0 Å². The van der Waals surface area contributed by atoms with Gasteiger partial charge in [-0.15, -0.1) is 0 Å². The number of hydrogen-bond donors (Lipinski definition) is 1. The SMILES string of the molecule is O=C(O)COCCOC12CC3CC(CC(C3)C1)C2. The Kier molecular flexibility index (Phi) is 3.32. The summed E-state index contributed by atoms with van der Waals surface area (Å²) in [4.78, 5) is 10.3. The van der Waals surface area contributed by atoms with Gasteiger partial charge in [-0.2, -0.15) is 0 Å². The number of carboxylic acid groups (broad SMARTS) is 1. The van der Waals surface area contributed by atoms with Crippen molar-refractivity contribution in [3.8, 4) is 0 Å². The van der Waals surface area contributed by atoms with Crippen molar-refractivity contribution in [2.75, 3.05) is 19.8 Å². The van der Waals surface area contributed by atoms with Gasteiger partial charge < -0.3 is 14.6 Å². The Labute approximate surface area is 108 Å². The van der Waals surface area contributed by atoms with Gasteiger partial charge >= 0.3 is 5.97 Å². The predicted octanol–water partition coefficient (Wildman–Crippen LogP) is 2.07. The highest BCUT2D eigenvalue weighted by Crippen LogP contribution is 2.57. The van der Waals surface area contributed by atoms with Crippen molar-refractivity contribution in [1.29, 1.82) is 0 Å².